The highest BCUT2D eigenvalue weighted by molar-refractivity contribution is 6.55. The first-order valence-electron chi connectivity index (χ1n) is 7.21. The fraction of sp³-hybridized carbons (Fsp3) is 0.353. The highest BCUT2D eigenvalue weighted by atomic mass is 35.5. The third kappa shape index (κ3) is 4.87. The Morgan fingerprint density at radius 1 is 1.36 bits per heavy atom. The molecule has 0 N–H and O–H groups in total. The molecule has 1 aliphatic rings. The van der Waals surface area contributed by atoms with Crippen LogP contribution in [-0.4, -0.2) is 31.1 Å². The summed E-state index contributed by atoms with van der Waals surface area (Å²) in [7, 11) is 1.37. The molecule has 3 nitrogen and oxygen atoms in total. The quantitative estimate of drug-likeness (QED) is 0.590. The van der Waals surface area contributed by atoms with E-state index in [-0.39, 0.29) is 5.97 Å². The Balaban J connectivity index is 2.04. The zero-order valence-electron chi connectivity index (χ0n) is 12.5. The molecule has 5 heteroatoms. The minimum Gasteiger partial charge on any atom is -0.466 e. The molecular formula is C17H19Cl2NO2. The number of carbonyl (C=O) groups is 1. The van der Waals surface area contributed by atoms with Crippen molar-refractivity contribution in [2.75, 3.05) is 20.2 Å². The summed E-state index contributed by atoms with van der Waals surface area (Å²) >= 11 is 11.4. The van der Waals surface area contributed by atoms with Gasteiger partial charge in [0.2, 0.25) is 0 Å². The van der Waals surface area contributed by atoms with E-state index in [1.54, 1.807) is 6.08 Å². The van der Waals surface area contributed by atoms with Crippen molar-refractivity contribution in [2.45, 2.75) is 18.9 Å². The summed E-state index contributed by atoms with van der Waals surface area (Å²) in [5.74, 6) is -0.351. The molecule has 0 amide bonds. The van der Waals surface area contributed by atoms with Gasteiger partial charge in [-0.15, -0.1) is 0 Å². The van der Waals surface area contributed by atoms with Crippen molar-refractivity contribution in [2.24, 2.45) is 0 Å². The molecule has 0 aromatic heterocycles. The molecule has 0 saturated carbocycles. The summed E-state index contributed by atoms with van der Waals surface area (Å²) in [6.07, 6.45) is 7.30. The van der Waals surface area contributed by atoms with Gasteiger partial charge in [-0.3, -0.25) is 4.90 Å². The zero-order chi connectivity index (χ0) is 15.9. The molecule has 22 heavy (non-hydrogen) atoms. The monoisotopic (exact) mass is 339 g/mol. The maximum atomic E-state index is 11.1. The lowest BCUT2D eigenvalue weighted by atomic mass is 10.0. The van der Waals surface area contributed by atoms with Crippen LogP contribution in [0.5, 0.6) is 0 Å². The summed E-state index contributed by atoms with van der Waals surface area (Å²) in [6.45, 7) is 1.81. The second-order valence-electron chi connectivity index (χ2n) is 5.17. The highest BCUT2D eigenvalue weighted by Gasteiger charge is 2.24. The Labute approximate surface area is 141 Å². The number of carbonyl (C=O) groups excluding carboxylic acids is 1. The average molecular weight is 340 g/mol. The van der Waals surface area contributed by atoms with Gasteiger partial charge in [0.25, 0.3) is 0 Å². The fourth-order valence-electron chi connectivity index (χ4n) is 2.67. The summed E-state index contributed by atoms with van der Waals surface area (Å²) in [5.41, 5.74) is 2.24. The van der Waals surface area contributed by atoms with Gasteiger partial charge in [-0.05, 0) is 42.7 Å². The lowest BCUT2D eigenvalue weighted by molar-refractivity contribution is -0.134. The van der Waals surface area contributed by atoms with E-state index in [0.717, 1.165) is 25.1 Å². The Bertz CT molecular complexity index is 563. The molecule has 1 aliphatic heterocycles. The number of esters is 1. The minimum absolute atomic E-state index is 0.314. The van der Waals surface area contributed by atoms with Crippen molar-refractivity contribution >= 4 is 35.2 Å². The van der Waals surface area contributed by atoms with Crippen LogP contribution in [0.4, 0.5) is 0 Å². The number of benzene rings is 1. The van der Waals surface area contributed by atoms with E-state index in [1.165, 1.54) is 25.2 Å². The van der Waals surface area contributed by atoms with Crippen LogP contribution in [0.2, 0.25) is 0 Å². The number of halogens is 2. The highest BCUT2D eigenvalue weighted by Crippen LogP contribution is 2.32. The van der Waals surface area contributed by atoms with Gasteiger partial charge in [-0.25, -0.2) is 4.79 Å². The van der Waals surface area contributed by atoms with Gasteiger partial charge < -0.3 is 4.74 Å². The first-order chi connectivity index (χ1) is 10.6. The first-order valence-corrected chi connectivity index (χ1v) is 7.97. The molecule has 1 unspecified atom stereocenters. The molecule has 1 saturated heterocycles. The molecule has 0 bridgehead atoms. The molecule has 1 atom stereocenters. The van der Waals surface area contributed by atoms with Gasteiger partial charge in [0.05, 0.1) is 7.11 Å². The van der Waals surface area contributed by atoms with Gasteiger partial charge in [0, 0.05) is 18.7 Å². The van der Waals surface area contributed by atoms with Crippen molar-refractivity contribution in [1.82, 2.24) is 4.90 Å². The summed E-state index contributed by atoms with van der Waals surface area (Å²) in [5, 5.41) is 0. The number of likely N-dealkylation sites (tertiary alicyclic amines) is 1. The lowest BCUT2D eigenvalue weighted by Crippen LogP contribution is -2.23. The van der Waals surface area contributed by atoms with Crippen molar-refractivity contribution in [3.8, 4) is 0 Å². The lowest BCUT2D eigenvalue weighted by Gasteiger charge is -2.23. The van der Waals surface area contributed by atoms with Crippen molar-refractivity contribution in [3.63, 3.8) is 0 Å². The summed E-state index contributed by atoms with van der Waals surface area (Å²) in [4.78, 5) is 13.5. The minimum atomic E-state index is -0.351. The average Bonchev–Trinajstić information content (AvgIpc) is 2.99. The molecule has 1 fully saturated rings. The number of hydrogen-bond acceptors (Lipinski definition) is 3. The van der Waals surface area contributed by atoms with Crippen LogP contribution in [-0.2, 0) is 9.53 Å². The molecular weight excluding hydrogens is 321 g/mol. The first kappa shape index (κ1) is 17.1. The predicted octanol–water partition coefficient (Wildman–Crippen LogP) is 4.33. The number of methoxy groups -OCH3 is 1. The zero-order valence-corrected chi connectivity index (χ0v) is 14.0. The van der Waals surface area contributed by atoms with Crippen molar-refractivity contribution in [3.05, 3.63) is 52.0 Å². The third-order valence-electron chi connectivity index (χ3n) is 3.78. The molecule has 1 aromatic carbocycles. The van der Waals surface area contributed by atoms with Crippen molar-refractivity contribution in [1.29, 1.82) is 0 Å². The van der Waals surface area contributed by atoms with Crippen LogP contribution in [0.25, 0.3) is 6.08 Å². The normalized spacial score (nSPS) is 18.6. The van der Waals surface area contributed by atoms with E-state index >= 15 is 0 Å². The smallest absolute Gasteiger partial charge is 0.330 e. The molecule has 0 radical (unpaired) electrons. The van der Waals surface area contributed by atoms with E-state index in [2.05, 4.69) is 21.8 Å². The van der Waals surface area contributed by atoms with Crippen molar-refractivity contribution < 1.29 is 9.53 Å². The number of ether oxygens (including phenoxy) is 1. The largest absolute Gasteiger partial charge is 0.466 e. The number of hydrogen-bond donors (Lipinski definition) is 0. The maximum absolute atomic E-state index is 11.1. The second-order valence-corrected chi connectivity index (χ2v) is 6.18. The Morgan fingerprint density at radius 3 is 2.73 bits per heavy atom. The summed E-state index contributed by atoms with van der Waals surface area (Å²) in [6, 6.07) is 8.62. The van der Waals surface area contributed by atoms with E-state index in [0.29, 0.717) is 10.5 Å². The Hall–Kier alpha value is -1.29. The SMILES string of the molecule is COC(=O)C=Cc1ccc(C2CCCN2CC=C(Cl)Cl)cc1. The standard InChI is InChI=1S/C17H19Cl2NO2/c1-22-17(21)9-6-13-4-7-14(8-5-13)15-3-2-11-20(15)12-10-16(18)19/h4-10,15H,2-3,11-12H2,1H3. The van der Waals surface area contributed by atoms with Crippen LogP contribution < -0.4 is 0 Å². The third-order valence-corrected chi connectivity index (χ3v) is 4.09. The van der Waals surface area contributed by atoms with Crippen LogP contribution in [0.3, 0.4) is 0 Å². The van der Waals surface area contributed by atoms with Crippen LogP contribution in [0, 0.1) is 0 Å². The predicted molar refractivity (Wildman–Crippen MR) is 90.8 cm³/mol. The van der Waals surface area contributed by atoms with Gasteiger partial charge in [-0.1, -0.05) is 47.5 Å². The topological polar surface area (TPSA) is 29.5 Å². The Morgan fingerprint density at radius 2 is 2.09 bits per heavy atom. The fourth-order valence-corrected chi connectivity index (χ4v) is 2.81. The number of rotatable bonds is 5. The molecule has 0 aliphatic carbocycles. The molecule has 1 aromatic rings. The molecule has 0 spiro atoms. The van der Waals surface area contributed by atoms with Gasteiger partial charge in [0.1, 0.15) is 4.49 Å². The maximum Gasteiger partial charge on any atom is 0.330 e. The molecule has 118 valence electrons. The number of nitrogens with zero attached hydrogens (tertiary/aromatic N) is 1. The Kier molecular flexibility index (Phi) is 6.49. The van der Waals surface area contributed by atoms with Crippen LogP contribution >= 0.6 is 23.2 Å². The van der Waals surface area contributed by atoms with Gasteiger partial charge in [0.15, 0.2) is 0 Å². The van der Waals surface area contributed by atoms with Crippen LogP contribution in [0.1, 0.15) is 30.0 Å². The summed E-state index contributed by atoms with van der Waals surface area (Å²) < 4.78 is 4.89. The van der Waals surface area contributed by atoms with Gasteiger partial charge >= 0.3 is 5.97 Å². The van der Waals surface area contributed by atoms with E-state index in [1.807, 2.05) is 18.2 Å². The van der Waals surface area contributed by atoms with E-state index < -0.39 is 0 Å². The second kappa shape index (κ2) is 8.37. The molecule has 2 rings (SSSR count). The van der Waals surface area contributed by atoms with E-state index in [9.17, 15) is 4.79 Å². The molecule has 1 heterocycles. The van der Waals surface area contributed by atoms with E-state index in [4.69, 9.17) is 23.2 Å². The van der Waals surface area contributed by atoms with Gasteiger partial charge in [-0.2, -0.15) is 0 Å². The van der Waals surface area contributed by atoms with Crippen LogP contribution in [0.15, 0.2) is 40.9 Å².